The number of nitrogens with one attached hydrogen (secondary N) is 1. The van der Waals surface area contributed by atoms with Crippen LogP contribution in [0.2, 0.25) is 0 Å². The molecule has 0 bridgehead atoms. The molecule has 2 amide bonds. The molecular weight excluding hydrogens is 222 g/mol. The lowest BCUT2D eigenvalue weighted by molar-refractivity contribution is -0.121. The molecule has 1 aromatic rings. The van der Waals surface area contributed by atoms with E-state index in [9.17, 15) is 14.4 Å². The van der Waals surface area contributed by atoms with Crippen molar-refractivity contribution in [1.82, 2.24) is 5.43 Å². The van der Waals surface area contributed by atoms with Gasteiger partial charge in [0.1, 0.15) is 0 Å². The topological polar surface area (TPSA) is 92.5 Å². The van der Waals surface area contributed by atoms with E-state index >= 15 is 0 Å². The lowest BCUT2D eigenvalue weighted by Crippen LogP contribution is -2.30. The Morgan fingerprint density at radius 1 is 1.35 bits per heavy atom. The molecule has 6 heteroatoms. The largest absolute Gasteiger partial charge is 0.305 e. The Morgan fingerprint density at radius 3 is 2.71 bits per heavy atom. The van der Waals surface area contributed by atoms with Gasteiger partial charge in [-0.3, -0.25) is 19.8 Å². The molecule has 1 heterocycles. The second-order valence-electron chi connectivity index (χ2n) is 3.72. The van der Waals surface area contributed by atoms with E-state index in [-0.39, 0.29) is 24.7 Å². The van der Waals surface area contributed by atoms with Crippen molar-refractivity contribution in [2.45, 2.75) is 6.42 Å². The smallest absolute Gasteiger partial charge is 0.265 e. The van der Waals surface area contributed by atoms with Crippen LogP contribution in [0.4, 0.5) is 5.69 Å². The van der Waals surface area contributed by atoms with Crippen molar-refractivity contribution < 1.29 is 14.4 Å². The summed E-state index contributed by atoms with van der Waals surface area (Å²) < 4.78 is 0. The molecule has 1 aliphatic rings. The van der Waals surface area contributed by atoms with E-state index in [1.54, 1.807) is 18.2 Å². The van der Waals surface area contributed by atoms with Gasteiger partial charge in [-0.25, -0.2) is 5.84 Å². The molecule has 2 rings (SSSR count). The van der Waals surface area contributed by atoms with Crippen LogP contribution in [0.3, 0.4) is 0 Å². The summed E-state index contributed by atoms with van der Waals surface area (Å²) in [7, 11) is 0. The first kappa shape index (κ1) is 11.3. The van der Waals surface area contributed by atoms with Crippen molar-refractivity contribution in [1.29, 1.82) is 0 Å². The number of benzene rings is 1. The lowest BCUT2D eigenvalue weighted by atomic mass is 10.2. The van der Waals surface area contributed by atoms with Crippen molar-refractivity contribution in [3.63, 3.8) is 0 Å². The Morgan fingerprint density at radius 2 is 2.12 bits per heavy atom. The van der Waals surface area contributed by atoms with Gasteiger partial charge in [0.05, 0.1) is 13.0 Å². The molecule has 0 aromatic heterocycles. The highest BCUT2D eigenvalue weighted by atomic mass is 16.2. The first-order valence-electron chi connectivity index (χ1n) is 5.05. The van der Waals surface area contributed by atoms with Gasteiger partial charge in [-0.05, 0) is 18.2 Å². The Balaban J connectivity index is 2.30. The molecule has 17 heavy (non-hydrogen) atoms. The number of amides is 2. The molecule has 0 spiro atoms. The third kappa shape index (κ3) is 2.16. The minimum absolute atomic E-state index is 0.0620. The third-order valence-electron chi connectivity index (χ3n) is 2.54. The highest BCUT2D eigenvalue weighted by Crippen LogP contribution is 2.20. The average molecular weight is 233 g/mol. The minimum Gasteiger partial charge on any atom is -0.305 e. The molecule has 1 fully saturated rings. The maximum Gasteiger partial charge on any atom is 0.265 e. The Bertz CT molecular complexity index is 498. The fraction of sp³-hybridized carbons (Fsp3) is 0.182. The Hall–Kier alpha value is -2.21. The normalized spacial score (nSPS) is 15.2. The summed E-state index contributed by atoms with van der Waals surface area (Å²) in [5, 5.41) is 0. The summed E-state index contributed by atoms with van der Waals surface area (Å²) >= 11 is 0. The van der Waals surface area contributed by atoms with Gasteiger partial charge in [-0.1, -0.05) is 6.07 Å². The van der Waals surface area contributed by atoms with E-state index in [1.165, 1.54) is 11.0 Å². The van der Waals surface area contributed by atoms with E-state index in [4.69, 9.17) is 5.84 Å². The molecule has 0 aliphatic carbocycles. The van der Waals surface area contributed by atoms with Gasteiger partial charge in [-0.2, -0.15) is 0 Å². The number of nitrogen functional groups attached to an aromatic ring is 1. The van der Waals surface area contributed by atoms with Gasteiger partial charge < -0.3 is 4.90 Å². The number of Topliss-reactive ketones (excluding diaryl/α,β-unsaturated/α-hetero) is 1. The monoisotopic (exact) mass is 233 g/mol. The number of nitrogens with two attached hydrogens (primary N) is 1. The van der Waals surface area contributed by atoms with Crippen LogP contribution in [0.25, 0.3) is 0 Å². The Kier molecular flexibility index (Phi) is 2.88. The highest BCUT2D eigenvalue weighted by molar-refractivity contribution is 6.15. The second-order valence-corrected chi connectivity index (χ2v) is 3.72. The van der Waals surface area contributed by atoms with Crippen LogP contribution in [0, 0.1) is 0 Å². The maximum absolute atomic E-state index is 11.5. The molecule has 0 radical (unpaired) electrons. The fourth-order valence-electron chi connectivity index (χ4n) is 1.72. The van der Waals surface area contributed by atoms with E-state index in [2.05, 4.69) is 0 Å². The predicted octanol–water partition coefficient (Wildman–Crippen LogP) is -0.404. The van der Waals surface area contributed by atoms with Gasteiger partial charge in [-0.15, -0.1) is 0 Å². The van der Waals surface area contributed by atoms with Crippen LogP contribution in [0.1, 0.15) is 16.8 Å². The van der Waals surface area contributed by atoms with Crippen LogP contribution < -0.4 is 16.2 Å². The van der Waals surface area contributed by atoms with Crippen LogP contribution in [0.5, 0.6) is 0 Å². The summed E-state index contributed by atoms with van der Waals surface area (Å²) in [4.78, 5) is 35.3. The van der Waals surface area contributed by atoms with E-state index in [0.717, 1.165) is 0 Å². The molecule has 6 nitrogen and oxygen atoms in total. The SMILES string of the molecule is NNC(=O)c1cccc(N2CC(=O)CC2=O)c1. The number of nitrogens with zero attached hydrogens (tertiary/aromatic N) is 1. The van der Waals surface area contributed by atoms with Crippen molar-refractivity contribution in [2.75, 3.05) is 11.4 Å². The maximum atomic E-state index is 11.5. The zero-order chi connectivity index (χ0) is 12.4. The van der Waals surface area contributed by atoms with Gasteiger partial charge in [0.2, 0.25) is 5.91 Å². The molecular formula is C11H11N3O3. The summed E-state index contributed by atoms with van der Waals surface area (Å²) in [6.07, 6.45) is -0.0761. The number of carbonyl (C=O) groups excluding carboxylic acids is 3. The fourth-order valence-corrected chi connectivity index (χ4v) is 1.72. The molecule has 0 saturated carbocycles. The van der Waals surface area contributed by atoms with Crippen molar-refractivity contribution in [3.05, 3.63) is 29.8 Å². The number of ketones is 1. The highest BCUT2D eigenvalue weighted by Gasteiger charge is 2.28. The third-order valence-corrected chi connectivity index (χ3v) is 2.54. The predicted molar refractivity (Wildman–Crippen MR) is 60.1 cm³/mol. The first-order chi connectivity index (χ1) is 8.11. The Labute approximate surface area is 97.4 Å². The summed E-state index contributed by atoms with van der Waals surface area (Å²) in [5.74, 6) is 4.21. The van der Waals surface area contributed by atoms with Gasteiger partial charge in [0, 0.05) is 11.3 Å². The molecule has 1 saturated heterocycles. The number of hydrogen-bond acceptors (Lipinski definition) is 4. The number of hydrazine groups is 1. The molecule has 0 atom stereocenters. The number of rotatable bonds is 2. The van der Waals surface area contributed by atoms with Crippen molar-refractivity contribution in [3.8, 4) is 0 Å². The molecule has 0 unspecified atom stereocenters. The van der Waals surface area contributed by atoms with Crippen LogP contribution in [0.15, 0.2) is 24.3 Å². The van der Waals surface area contributed by atoms with Gasteiger partial charge in [0.25, 0.3) is 5.91 Å². The molecule has 1 aliphatic heterocycles. The summed E-state index contributed by atoms with van der Waals surface area (Å²) in [6, 6.07) is 6.41. The van der Waals surface area contributed by atoms with Gasteiger partial charge >= 0.3 is 0 Å². The van der Waals surface area contributed by atoms with E-state index in [1.807, 2.05) is 5.43 Å². The number of carbonyl (C=O) groups is 3. The molecule has 3 N–H and O–H groups in total. The van der Waals surface area contributed by atoms with E-state index in [0.29, 0.717) is 11.3 Å². The van der Waals surface area contributed by atoms with Crippen molar-refractivity contribution in [2.24, 2.45) is 5.84 Å². The lowest BCUT2D eigenvalue weighted by Gasteiger charge is -2.15. The zero-order valence-corrected chi connectivity index (χ0v) is 8.97. The average Bonchev–Trinajstić information content (AvgIpc) is 2.67. The second kappa shape index (κ2) is 4.34. The quantitative estimate of drug-likeness (QED) is 0.314. The molecule has 1 aromatic carbocycles. The first-order valence-corrected chi connectivity index (χ1v) is 5.05. The summed E-state index contributed by atoms with van der Waals surface area (Å²) in [6.45, 7) is 0.0620. The number of anilines is 1. The van der Waals surface area contributed by atoms with Crippen LogP contribution in [-0.2, 0) is 9.59 Å². The van der Waals surface area contributed by atoms with E-state index < -0.39 is 5.91 Å². The summed E-state index contributed by atoms with van der Waals surface area (Å²) in [5.41, 5.74) is 2.88. The zero-order valence-electron chi connectivity index (χ0n) is 8.97. The minimum atomic E-state index is -0.440. The molecule has 88 valence electrons. The van der Waals surface area contributed by atoms with Crippen LogP contribution >= 0.6 is 0 Å². The standard InChI is InChI=1S/C11H11N3O3/c12-13-11(17)7-2-1-3-8(4-7)14-6-9(15)5-10(14)16/h1-4H,5-6,12H2,(H,13,17). The van der Waals surface area contributed by atoms with Crippen LogP contribution in [-0.4, -0.2) is 24.1 Å². The van der Waals surface area contributed by atoms with Crippen molar-refractivity contribution >= 4 is 23.3 Å². The number of hydrogen-bond donors (Lipinski definition) is 2. The van der Waals surface area contributed by atoms with Gasteiger partial charge in [0.15, 0.2) is 5.78 Å².